The maximum absolute atomic E-state index is 13.4. The average Bonchev–Trinajstić information content (AvgIpc) is 2.71. The van der Waals surface area contributed by atoms with Crippen molar-refractivity contribution in [3.05, 3.63) is 29.8 Å². The van der Waals surface area contributed by atoms with E-state index in [0.717, 1.165) is 17.9 Å². The first-order valence-electron chi connectivity index (χ1n) is 7.34. The average molecular weight is 295 g/mol. The lowest BCUT2D eigenvalue weighted by atomic mass is 9.67. The number of alkyl halides is 1. The van der Waals surface area contributed by atoms with Crippen LogP contribution in [0.4, 0.5) is 4.39 Å². The SMILES string of the molecule is CCC1(Cn2c(C(C)Cl)nc3cc(F)ccc32)CCC1. The van der Waals surface area contributed by atoms with Gasteiger partial charge in [0.15, 0.2) is 0 Å². The highest BCUT2D eigenvalue weighted by atomic mass is 35.5. The molecule has 1 fully saturated rings. The highest BCUT2D eigenvalue weighted by Crippen LogP contribution is 2.46. The van der Waals surface area contributed by atoms with Gasteiger partial charge in [-0.1, -0.05) is 13.3 Å². The molecule has 1 aliphatic rings. The first-order valence-corrected chi connectivity index (χ1v) is 7.78. The van der Waals surface area contributed by atoms with E-state index in [1.165, 1.54) is 37.8 Å². The second kappa shape index (κ2) is 5.03. The quantitative estimate of drug-likeness (QED) is 0.721. The molecule has 0 N–H and O–H groups in total. The van der Waals surface area contributed by atoms with Crippen molar-refractivity contribution in [3.8, 4) is 0 Å². The third-order valence-electron chi connectivity index (χ3n) is 4.75. The van der Waals surface area contributed by atoms with Crippen LogP contribution in [0.3, 0.4) is 0 Å². The van der Waals surface area contributed by atoms with E-state index in [1.807, 2.05) is 13.0 Å². The van der Waals surface area contributed by atoms with Gasteiger partial charge in [-0.2, -0.15) is 0 Å². The lowest BCUT2D eigenvalue weighted by Crippen LogP contribution is -2.34. The van der Waals surface area contributed by atoms with Gasteiger partial charge in [-0.3, -0.25) is 0 Å². The fourth-order valence-corrected chi connectivity index (χ4v) is 3.39. The molecule has 3 rings (SSSR count). The van der Waals surface area contributed by atoms with Crippen LogP contribution in [-0.4, -0.2) is 9.55 Å². The van der Waals surface area contributed by atoms with Crippen LogP contribution >= 0.6 is 11.6 Å². The Morgan fingerprint density at radius 2 is 2.20 bits per heavy atom. The van der Waals surface area contributed by atoms with E-state index in [0.29, 0.717) is 10.9 Å². The lowest BCUT2D eigenvalue weighted by molar-refractivity contribution is 0.101. The monoisotopic (exact) mass is 294 g/mol. The molecule has 20 heavy (non-hydrogen) atoms. The standard InChI is InChI=1S/C16H20ClFN2/c1-3-16(7-4-8-16)10-20-14-6-5-12(18)9-13(14)19-15(20)11(2)17/h5-6,9,11H,3-4,7-8,10H2,1-2H3. The Bertz CT molecular complexity index is 623. The van der Waals surface area contributed by atoms with E-state index in [4.69, 9.17) is 11.6 Å². The molecule has 0 aliphatic heterocycles. The molecule has 2 aromatic rings. The van der Waals surface area contributed by atoms with E-state index in [9.17, 15) is 4.39 Å². The van der Waals surface area contributed by atoms with Crippen molar-refractivity contribution in [2.75, 3.05) is 0 Å². The summed E-state index contributed by atoms with van der Waals surface area (Å²) in [7, 11) is 0. The van der Waals surface area contributed by atoms with Crippen molar-refractivity contribution in [2.45, 2.75) is 51.5 Å². The van der Waals surface area contributed by atoms with Gasteiger partial charge in [0.05, 0.1) is 16.4 Å². The van der Waals surface area contributed by atoms with Crippen LogP contribution in [-0.2, 0) is 6.54 Å². The van der Waals surface area contributed by atoms with Crippen LogP contribution in [0.1, 0.15) is 50.7 Å². The predicted octanol–water partition coefficient (Wildman–Crippen LogP) is 5.06. The van der Waals surface area contributed by atoms with Crippen LogP contribution in [0.5, 0.6) is 0 Å². The molecule has 0 radical (unpaired) electrons. The zero-order valence-electron chi connectivity index (χ0n) is 12.0. The first-order chi connectivity index (χ1) is 9.54. The third kappa shape index (κ3) is 2.22. The lowest BCUT2D eigenvalue weighted by Gasteiger charge is -2.42. The number of benzene rings is 1. The Labute approximate surface area is 123 Å². The van der Waals surface area contributed by atoms with Gasteiger partial charge in [-0.05, 0) is 43.7 Å². The second-order valence-electron chi connectivity index (χ2n) is 6.01. The minimum atomic E-state index is -0.246. The Morgan fingerprint density at radius 1 is 1.45 bits per heavy atom. The highest BCUT2D eigenvalue weighted by molar-refractivity contribution is 6.20. The third-order valence-corrected chi connectivity index (χ3v) is 4.95. The molecular formula is C16H20ClFN2. The summed E-state index contributed by atoms with van der Waals surface area (Å²) in [5.41, 5.74) is 2.08. The predicted molar refractivity (Wildman–Crippen MR) is 80.5 cm³/mol. The number of halogens is 2. The van der Waals surface area contributed by atoms with E-state index in [-0.39, 0.29) is 11.2 Å². The van der Waals surface area contributed by atoms with E-state index in [1.54, 1.807) is 0 Å². The van der Waals surface area contributed by atoms with Crippen LogP contribution in [0.25, 0.3) is 11.0 Å². The zero-order chi connectivity index (χ0) is 14.3. The second-order valence-corrected chi connectivity index (χ2v) is 6.67. The van der Waals surface area contributed by atoms with E-state index >= 15 is 0 Å². The van der Waals surface area contributed by atoms with Crippen LogP contribution in [0.15, 0.2) is 18.2 Å². The van der Waals surface area contributed by atoms with Crippen molar-refractivity contribution < 1.29 is 4.39 Å². The summed E-state index contributed by atoms with van der Waals surface area (Å²) in [5, 5.41) is -0.167. The van der Waals surface area contributed by atoms with Crippen molar-refractivity contribution >= 4 is 22.6 Å². The van der Waals surface area contributed by atoms with E-state index in [2.05, 4.69) is 16.5 Å². The molecular weight excluding hydrogens is 275 g/mol. The summed E-state index contributed by atoms with van der Waals surface area (Å²) < 4.78 is 15.6. The van der Waals surface area contributed by atoms with Gasteiger partial charge in [0.2, 0.25) is 0 Å². The number of hydrogen-bond donors (Lipinski definition) is 0. The molecule has 108 valence electrons. The molecule has 0 saturated heterocycles. The summed E-state index contributed by atoms with van der Waals surface area (Å²) in [6.07, 6.45) is 5.01. The Kier molecular flexibility index (Phi) is 3.49. The van der Waals surface area contributed by atoms with Crippen LogP contribution < -0.4 is 0 Å². The highest BCUT2D eigenvalue weighted by Gasteiger charge is 2.36. The minimum Gasteiger partial charge on any atom is -0.326 e. The fraction of sp³-hybridized carbons (Fsp3) is 0.562. The largest absolute Gasteiger partial charge is 0.326 e. The van der Waals surface area contributed by atoms with Gasteiger partial charge in [0.1, 0.15) is 11.6 Å². The maximum Gasteiger partial charge on any atom is 0.127 e. The Balaban J connectivity index is 2.09. The van der Waals surface area contributed by atoms with Crippen molar-refractivity contribution in [3.63, 3.8) is 0 Å². The Morgan fingerprint density at radius 3 is 2.75 bits per heavy atom. The molecule has 0 amide bonds. The smallest absolute Gasteiger partial charge is 0.127 e. The van der Waals surface area contributed by atoms with E-state index < -0.39 is 0 Å². The number of fused-ring (bicyclic) bond motifs is 1. The first kappa shape index (κ1) is 13.9. The fourth-order valence-electron chi connectivity index (χ4n) is 3.23. The number of hydrogen-bond acceptors (Lipinski definition) is 1. The van der Waals surface area contributed by atoms with Gasteiger partial charge >= 0.3 is 0 Å². The molecule has 1 aromatic carbocycles. The van der Waals surface area contributed by atoms with Gasteiger partial charge in [-0.15, -0.1) is 11.6 Å². The summed E-state index contributed by atoms with van der Waals surface area (Å²) in [4.78, 5) is 4.54. The van der Waals surface area contributed by atoms with Gasteiger partial charge in [0.25, 0.3) is 0 Å². The zero-order valence-corrected chi connectivity index (χ0v) is 12.8. The molecule has 2 nitrogen and oxygen atoms in total. The molecule has 4 heteroatoms. The number of nitrogens with zero attached hydrogens (tertiary/aromatic N) is 2. The summed E-state index contributed by atoms with van der Waals surface area (Å²) >= 11 is 6.28. The molecule has 1 aliphatic carbocycles. The summed E-state index contributed by atoms with van der Waals surface area (Å²) in [5.74, 6) is 0.608. The number of aromatic nitrogens is 2. The van der Waals surface area contributed by atoms with Crippen molar-refractivity contribution in [1.29, 1.82) is 0 Å². The molecule has 0 bridgehead atoms. The van der Waals surface area contributed by atoms with Gasteiger partial charge < -0.3 is 4.57 Å². The molecule has 1 unspecified atom stereocenters. The minimum absolute atomic E-state index is 0.167. The molecule has 0 spiro atoms. The van der Waals surface area contributed by atoms with Gasteiger partial charge in [-0.25, -0.2) is 9.37 Å². The maximum atomic E-state index is 13.4. The van der Waals surface area contributed by atoms with Crippen molar-refractivity contribution in [1.82, 2.24) is 9.55 Å². The Hall–Kier alpha value is -1.09. The molecule has 1 saturated carbocycles. The molecule has 1 aromatic heterocycles. The van der Waals surface area contributed by atoms with Crippen LogP contribution in [0, 0.1) is 11.2 Å². The number of rotatable bonds is 4. The summed E-state index contributed by atoms with van der Waals surface area (Å²) in [6.45, 7) is 5.12. The normalized spacial score (nSPS) is 19.0. The van der Waals surface area contributed by atoms with Crippen molar-refractivity contribution in [2.24, 2.45) is 5.41 Å². The molecule has 1 heterocycles. The topological polar surface area (TPSA) is 17.8 Å². The van der Waals surface area contributed by atoms with Gasteiger partial charge in [0, 0.05) is 12.6 Å². The number of imidazole rings is 1. The summed E-state index contributed by atoms with van der Waals surface area (Å²) in [6, 6.07) is 4.82. The molecule has 1 atom stereocenters. The van der Waals surface area contributed by atoms with Crippen LogP contribution in [0.2, 0.25) is 0 Å².